The van der Waals surface area contributed by atoms with Crippen LogP contribution in [-0.4, -0.2) is 29.8 Å². The summed E-state index contributed by atoms with van der Waals surface area (Å²) in [6.45, 7) is 1.86. The highest BCUT2D eigenvalue weighted by Gasteiger charge is 2.26. The molecule has 0 radical (unpaired) electrons. The second kappa shape index (κ2) is 7.95. The number of carbonyl (C=O) groups is 1. The Morgan fingerprint density at radius 3 is 2.78 bits per heavy atom. The van der Waals surface area contributed by atoms with E-state index in [-0.39, 0.29) is 11.4 Å². The first kappa shape index (κ1) is 18.5. The number of nitrogens with one attached hydrogen (secondary N) is 1. The van der Waals surface area contributed by atoms with Crippen molar-refractivity contribution in [3.63, 3.8) is 0 Å². The average Bonchev–Trinajstić information content (AvgIpc) is 2.67. The van der Waals surface area contributed by atoms with Crippen LogP contribution in [0.2, 0.25) is 0 Å². The van der Waals surface area contributed by atoms with E-state index in [1.165, 1.54) is 19.4 Å². The number of rotatable bonds is 6. The summed E-state index contributed by atoms with van der Waals surface area (Å²) in [6.07, 6.45) is 3.46. The van der Waals surface area contributed by atoms with Gasteiger partial charge in [0, 0.05) is 18.0 Å². The molecule has 5 nitrogen and oxygen atoms in total. The van der Waals surface area contributed by atoms with Gasteiger partial charge in [0.15, 0.2) is 0 Å². The predicted octanol–water partition coefficient (Wildman–Crippen LogP) is 3.74. The minimum Gasteiger partial charge on any atom is -0.399 e. The molecular formula is C21H20FN3O2. The van der Waals surface area contributed by atoms with Gasteiger partial charge < -0.3 is 10.2 Å². The Labute approximate surface area is 156 Å². The van der Waals surface area contributed by atoms with Crippen LogP contribution in [0.5, 0.6) is 0 Å². The summed E-state index contributed by atoms with van der Waals surface area (Å²) in [5.74, 6) is -0.741. The number of pyridine rings is 1. The second-order valence-corrected chi connectivity index (χ2v) is 6.49. The second-order valence-electron chi connectivity index (χ2n) is 6.49. The first-order valence-corrected chi connectivity index (χ1v) is 8.49. The van der Waals surface area contributed by atoms with Crippen molar-refractivity contribution >= 4 is 23.0 Å². The van der Waals surface area contributed by atoms with Gasteiger partial charge in [-0.05, 0) is 24.6 Å². The van der Waals surface area contributed by atoms with E-state index in [4.69, 9.17) is 4.84 Å². The molecular weight excluding hydrogens is 345 g/mol. The molecule has 1 amide bonds. The van der Waals surface area contributed by atoms with E-state index in [0.29, 0.717) is 17.4 Å². The Kier molecular flexibility index (Phi) is 5.45. The van der Waals surface area contributed by atoms with Crippen LogP contribution in [0.25, 0.3) is 10.9 Å². The van der Waals surface area contributed by atoms with E-state index in [2.05, 4.69) is 15.5 Å². The molecule has 3 aromatic rings. The number of aromatic nitrogens is 1. The third-order valence-electron chi connectivity index (χ3n) is 4.18. The zero-order valence-corrected chi connectivity index (χ0v) is 15.1. The molecule has 0 spiro atoms. The maximum Gasteiger partial charge on any atom is 0.253 e. The Bertz CT molecular complexity index is 976. The fraction of sp³-hybridized carbons (Fsp3) is 0.190. The van der Waals surface area contributed by atoms with E-state index in [1.807, 2.05) is 37.3 Å². The first-order valence-electron chi connectivity index (χ1n) is 8.49. The fourth-order valence-corrected chi connectivity index (χ4v) is 2.89. The van der Waals surface area contributed by atoms with Gasteiger partial charge in [-0.2, -0.15) is 0 Å². The number of halogens is 1. The van der Waals surface area contributed by atoms with Crippen molar-refractivity contribution in [1.29, 1.82) is 0 Å². The molecule has 138 valence electrons. The number of nitrogens with zero attached hydrogens (tertiary/aromatic N) is 2. The van der Waals surface area contributed by atoms with E-state index >= 15 is 0 Å². The van der Waals surface area contributed by atoms with Crippen molar-refractivity contribution in [1.82, 2.24) is 10.3 Å². The Morgan fingerprint density at radius 1 is 1.26 bits per heavy atom. The molecule has 1 heterocycles. The van der Waals surface area contributed by atoms with E-state index in [1.54, 1.807) is 24.4 Å². The number of hydrogen-bond donors (Lipinski definition) is 1. The van der Waals surface area contributed by atoms with Gasteiger partial charge in [-0.15, -0.1) is 0 Å². The number of benzene rings is 2. The third-order valence-corrected chi connectivity index (χ3v) is 4.18. The van der Waals surface area contributed by atoms with Gasteiger partial charge in [0.2, 0.25) is 0 Å². The summed E-state index contributed by atoms with van der Waals surface area (Å²) in [5.41, 5.74) is 0.854. The molecule has 0 fully saturated rings. The van der Waals surface area contributed by atoms with Gasteiger partial charge >= 0.3 is 0 Å². The number of para-hydroxylation sites is 1. The van der Waals surface area contributed by atoms with Gasteiger partial charge in [0.05, 0.1) is 17.3 Å². The van der Waals surface area contributed by atoms with Crippen molar-refractivity contribution in [3.8, 4) is 0 Å². The van der Waals surface area contributed by atoms with Gasteiger partial charge in [-0.3, -0.25) is 9.78 Å². The molecule has 0 bridgehead atoms. The Morgan fingerprint density at radius 2 is 2.04 bits per heavy atom. The zero-order chi connectivity index (χ0) is 19.3. The molecule has 1 atom stereocenters. The monoisotopic (exact) mass is 365 g/mol. The normalized spacial score (nSPS) is 13.4. The van der Waals surface area contributed by atoms with Gasteiger partial charge in [0.25, 0.3) is 5.91 Å². The molecule has 2 aromatic carbocycles. The third kappa shape index (κ3) is 4.47. The van der Waals surface area contributed by atoms with Crippen LogP contribution in [0.15, 0.2) is 65.9 Å². The van der Waals surface area contributed by atoms with Crippen molar-refractivity contribution in [2.45, 2.75) is 18.9 Å². The van der Waals surface area contributed by atoms with Gasteiger partial charge in [0.1, 0.15) is 18.4 Å². The molecule has 1 aromatic heterocycles. The van der Waals surface area contributed by atoms with Crippen molar-refractivity contribution in [2.75, 3.05) is 7.11 Å². The Balaban J connectivity index is 1.86. The number of fused-ring (bicyclic) bond motifs is 1. The molecule has 0 aliphatic carbocycles. The SMILES string of the molecule is CO/N=C\C(C)(Cc1ccccc1)NC(=O)c1cnc2c(F)cccc2c1. The average molecular weight is 365 g/mol. The highest BCUT2D eigenvalue weighted by atomic mass is 19.1. The molecule has 0 saturated heterocycles. The van der Waals surface area contributed by atoms with E-state index < -0.39 is 11.4 Å². The van der Waals surface area contributed by atoms with Crippen molar-refractivity contribution in [2.24, 2.45) is 5.16 Å². The smallest absolute Gasteiger partial charge is 0.253 e. The van der Waals surface area contributed by atoms with Crippen LogP contribution in [-0.2, 0) is 11.3 Å². The standard InChI is InChI=1S/C21H20FN3O2/c1-21(14-24-27-2,12-15-7-4-3-5-8-15)25-20(26)17-11-16-9-6-10-18(22)19(16)23-13-17/h3-11,13-14H,12H2,1-2H3,(H,25,26)/b24-14-. The lowest BCUT2D eigenvalue weighted by Gasteiger charge is -2.26. The van der Waals surface area contributed by atoms with Crippen LogP contribution in [0.4, 0.5) is 4.39 Å². The van der Waals surface area contributed by atoms with Crippen LogP contribution < -0.4 is 5.32 Å². The van der Waals surface area contributed by atoms with E-state index in [9.17, 15) is 9.18 Å². The summed E-state index contributed by atoms with van der Waals surface area (Å²) < 4.78 is 13.8. The number of hydrogen-bond acceptors (Lipinski definition) is 4. The topological polar surface area (TPSA) is 63.6 Å². The molecule has 1 N–H and O–H groups in total. The molecule has 0 aliphatic heterocycles. The maximum atomic E-state index is 13.8. The quantitative estimate of drug-likeness (QED) is 0.535. The minimum absolute atomic E-state index is 0.238. The summed E-state index contributed by atoms with van der Waals surface area (Å²) in [5, 5.41) is 7.38. The molecule has 0 saturated carbocycles. The summed E-state index contributed by atoms with van der Waals surface area (Å²) >= 11 is 0. The summed E-state index contributed by atoms with van der Waals surface area (Å²) in [7, 11) is 1.45. The summed E-state index contributed by atoms with van der Waals surface area (Å²) in [6, 6.07) is 16.0. The van der Waals surface area contributed by atoms with Crippen molar-refractivity contribution < 1.29 is 14.0 Å². The minimum atomic E-state index is -0.772. The predicted molar refractivity (Wildman–Crippen MR) is 103 cm³/mol. The number of oxime groups is 1. The number of amides is 1. The molecule has 6 heteroatoms. The lowest BCUT2D eigenvalue weighted by atomic mass is 9.93. The van der Waals surface area contributed by atoms with Crippen LogP contribution in [0.1, 0.15) is 22.8 Å². The highest BCUT2D eigenvalue weighted by Crippen LogP contribution is 2.18. The number of carbonyl (C=O) groups excluding carboxylic acids is 1. The van der Waals surface area contributed by atoms with Crippen molar-refractivity contribution in [3.05, 3.63) is 77.7 Å². The molecule has 0 aliphatic rings. The summed E-state index contributed by atoms with van der Waals surface area (Å²) in [4.78, 5) is 21.7. The van der Waals surface area contributed by atoms with Crippen LogP contribution >= 0.6 is 0 Å². The van der Waals surface area contributed by atoms with Gasteiger partial charge in [-0.1, -0.05) is 47.6 Å². The zero-order valence-electron chi connectivity index (χ0n) is 15.1. The molecule has 3 rings (SSSR count). The largest absolute Gasteiger partial charge is 0.399 e. The highest BCUT2D eigenvalue weighted by molar-refractivity contribution is 5.99. The van der Waals surface area contributed by atoms with E-state index in [0.717, 1.165) is 5.56 Å². The molecule has 1 unspecified atom stereocenters. The van der Waals surface area contributed by atoms with Crippen LogP contribution in [0, 0.1) is 5.82 Å². The Hall–Kier alpha value is -3.28. The van der Waals surface area contributed by atoms with Crippen LogP contribution in [0.3, 0.4) is 0 Å². The fourth-order valence-electron chi connectivity index (χ4n) is 2.89. The lowest BCUT2D eigenvalue weighted by Crippen LogP contribution is -2.49. The maximum absolute atomic E-state index is 13.8. The first-order chi connectivity index (χ1) is 13.0. The lowest BCUT2D eigenvalue weighted by molar-refractivity contribution is 0.0927. The molecule has 27 heavy (non-hydrogen) atoms. The van der Waals surface area contributed by atoms with Gasteiger partial charge in [-0.25, -0.2) is 4.39 Å².